The van der Waals surface area contributed by atoms with E-state index in [1.807, 2.05) is 6.07 Å². The van der Waals surface area contributed by atoms with Crippen molar-refractivity contribution in [3.8, 4) is 5.75 Å². The van der Waals surface area contributed by atoms with Crippen LogP contribution in [0.4, 0.5) is 0 Å². The highest BCUT2D eigenvalue weighted by Crippen LogP contribution is 2.26. The van der Waals surface area contributed by atoms with E-state index in [-0.39, 0.29) is 16.5 Å². The average molecular weight is 664 g/mol. The van der Waals surface area contributed by atoms with Gasteiger partial charge < -0.3 is 4.74 Å². The Balaban J connectivity index is 1.84. The summed E-state index contributed by atoms with van der Waals surface area (Å²) in [5.41, 5.74) is 3.48. The SMILES string of the molecule is COc1ccc(Br)cc1/C=N/NC(=O)CN(Cc1ccc(Cl)cc1Cl)S(=O)(=O)c1ccc(Br)cc1. The number of rotatable bonds is 9. The van der Waals surface area contributed by atoms with Crippen molar-refractivity contribution in [2.45, 2.75) is 11.4 Å². The van der Waals surface area contributed by atoms with Gasteiger partial charge in [-0.1, -0.05) is 61.1 Å². The zero-order valence-electron chi connectivity index (χ0n) is 18.2. The third-order valence-electron chi connectivity index (χ3n) is 4.72. The van der Waals surface area contributed by atoms with Crippen molar-refractivity contribution < 1.29 is 17.9 Å². The zero-order chi connectivity index (χ0) is 25.6. The summed E-state index contributed by atoms with van der Waals surface area (Å²) in [6, 6.07) is 16.2. The fourth-order valence-corrected chi connectivity index (χ4v) is 5.48. The number of nitrogens with one attached hydrogen (secondary N) is 1. The van der Waals surface area contributed by atoms with E-state index in [9.17, 15) is 13.2 Å². The van der Waals surface area contributed by atoms with Crippen LogP contribution in [0, 0.1) is 0 Å². The molecule has 0 atom stereocenters. The summed E-state index contributed by atoms with van der Waals surface area (Å²) >= 11 is 18.9. The number of methoxy groups -OCH3 is 1. The first kappa shape index (κ1) is 27.6. The van der Waals surface area contributed by atoms with Gasteiger partial charge in [-0.3, -0.25) is 4.79 Å². The molecule has 12 heteroatoms. The van der Waals surface area contributed by atoms with Gasteiger partial charge in [-0.2, -0.15) is 9.41 Å². The highest BCUT2D eigenvalue weighted by molar-refractivity contribution is 9.10. The smallest absolute Gasteiger partial charge is 0.255 e. The minimum absolute atomic E-state index is 0.0287. The van der Waals surface area contributed by atoms with Crippen LogP contribution in [0.1, 0.15) is 11.1 Å². The van der Waals surface area contributed by atoms with Crippen LogP contribution >= 0.6 is 55.1 Å². The molecule has 0 spiro atoms. The number of carbonyl (C=O) groups is 1. The third kappa shape index (κ3) is 7.52. The van der Waals surface area contributed by atoms with Gasteiger partial charge in [0.2, 0.25) is 10.0 Å². The Morgan fingerprint density at radius 2 is 1.74 bits per heavy atom. The minimum Gasteiger partial charge on any atom is -0.496 e. The molecule has 0 aliphatic heterocycles. The fraction of sp³-hybridized carbons (Fsp3) is 0.130. The molecule has 0 aromatic heterocycles. The molecule has 0 saturated carbocycles. The molecule has 0 fully saturated rings. The summed E-state index contributed by atoms with van der Waals surface area (Å²) in [6.07, 6.45) is 1.41. The van der Waals surface area contributed by atoms with Gasteiger partial charge in [-0.25, -0.2) is 13.8 Å². The number of hydrazone groups is 1. The van der Waals surface area contributed by atoms with E-state index in [0.29, 0.717) is 21.9 Å². The van der Waals surface area contributed by atoms with Crippen LogP contribution in [0.2, 0.25) is 10.0 Å². The third-order valence-corrected chi connectivity index (χ3v) is 8.13. The Labute approximate surface area is 230 Å². The maximum atomic E-state index is 13.4. The molecule has 7 nitrogen and oxygen atoms in total. The summed E-state index contributed by atoms with van der Waals surface area (Å²) in [5, 5.41) is 4.65. The van der Waals surface area contributed by atoms with Crippen molar-refractivity contribution in [2.24, 2.45) is 5.10 Å². The van der Waals surface area contributed by atoms with Crippen LogP contribution in [0.15, 0.2) is 79.6 Å². The Morgan fingerprint density at radius 1 is 1.06 bits per heavy atom. The van der Waals surface area contributed by atoms with Crippen LogP contribution in [0.25, 0.3) is 0 Å². The van der Waals surface area contributed by atoms with Crippen molar-refractivity contribution in [1.29, 1.82) is 0 Å². The largest absolute Gasteiger partial charge is 0.496 e. The van der Waals surface area contributed by atoms with E-state index >= 15 is 0 Å². The van der Waals surface area contributed by atoms with Gasteiger partial charge >= 0.3 is 0 Å². The second kappa shape index (κ2) is 12.3. The van der Waals surface area contributed by atoms with Crippen molar-refractivity contribution in [2.75, 3.05) is 13.7 Å². The molecule has 0 heterocycles. The van der Waals surface area contributed by atoms with Crippen LogP contribution < -0.4 is 10.2 Å². The first-order valence-electron chi connectivity index (χ1n) is 9.95. The van der Waals surface area contributed by atoms with E-state index in [1.54, 1.807) is 36.4 Å². The van der Waals surface area contributed by atoms with Crippen LogP contribution in [-0.4, -0.2) is 38.5 Å². The maximum absolute atomic E-state index is 13.4. The van der Waals surface area contributed by atoms with Crippen LogP contribution in [0.3, 0.4) is 0 Å². The lowest BCUT2D eigenvalue weighted by atomic mass is 10.2. The van der Waals surface area contributed by atoms with Gasteiger partial charge in [0, 0.05) is 31.1 Å². The summed E-state index contributed by atoms with van der Waals surface area (Å²) in [4.78, 5) is 12.7. The highest BCUT2D eigenvalue weighted by atomic mass is 79.9. The van der Waals surface area contributed by atoms with Gasteiger partial charge in [0.05, 0.1) is 24.8 Å². The molecule has 0 aliphatic carbocycles. The van der Waals surface area contributed by atoms with E-state index in [0.717, 1.165) is 13.3 Å². The number of carbonyl (C=O) groups excluding carboxylic acids is 1. The van der Waals surface area contributed by atoms with Gasteiger partial charge in [-0.15, -0.1) is 0 Å². The Hall–Kier alpha value is -1.95. The van der Waals surface area contributed by atoms with Crippen molar-refractivity contribution in [3.05, 3.63) is 90.8 Å². The van der Waals surface area contributed by atoms with Crippen LogP contribution in [0.5, 0.6) is 5.75 Å². The Kier molecular flexibility index (Phi) is 9.74. The molecular weight excluding hydrogens is 645 g/mol. The molecule has 0 radical (unpaired) electrons. The number of ether oxygens (including phenoxy) is 1. The normalized spacial score (nSPS) is 11.7. The molecule has 35 heavy (non-hydrogen) atoms. The highest BCUT2D eigenvalue weighted by Gasteiger charge is 2.27. The lowest BCUT2D eigenvalue weighted by Gasteiger charge is -2.22. The molecule has 0 aliphatic rings. The predicted molar refractivity (Wildman–Crippen MR) is 145 cm³/mol. The standard InChI is InChI=1S/C23H19Br2Cl2N3O4S/c1-34-22-9-5-18(25)10-16(22)12-28-29-23(31)14-30(13-15-2-6-19(26)11-21(15)27)35(32,33)20-7-3-17(24)4-8-20/h2-12H,13-14H2,1H3,(H,29,31)/b28-12+. The van der Waals surface area contributed by atoms with Crippen LogP contribution in [-0.2, 0) is 21.4 Å². The van der Waals surface area contributed by atoms with E-state index in [2.05, 4.69) is 42.4 Å². The molecule has 0 unspecified atom stereocenters. The van der Waals surface area contributed by atoms with E-state index in [1.165, 1.54) is 31.5 Å². The van der Waals surface area contributed by atoms with Crippen molar-refractivity contribution in [1.82, 2.24) is 9.73 Å². The number of benzene rings is 3. The molecule has 0 bridgehead atoms. The van der Waals surface area contributed by atoms with Crippen molar-refractivity contribution >= 4 is 77.2 Å². The first-order chi connectivity index (χ1) is 16.6. The monoisotopic (exact) mass is 661 g/mol. The zero-order valence-corrected chi connectivity index (χ0v) is 23.7. The number of hydrogen-bond donors (Lipinski definition) is 1. The average Bonchev–Trinajstić information content (AvgIpc) is 2.80. The molecule has 3 aromatic carbocycles. The van der Waals surface area contributed by atoms with Crippen molar-refractivity contribution in [3.63, 3.8) is 0 Å². The molecule has 1 amide bonds. The van der Waals surface area contributed by atoms with Gasteiger partial charge in [0.15, 0.2) is 0 Å². The van der Waals surface area contributed by atoms with E-state index < -0.39 is 22.5 Å². The molecule has 184 valence electrons. The fourth-order valence-electron chi connectivity index (χ4n) is 3.00. The lowest BCUT2D eigenvalue weighted by Crippen LogP contribution is -2.39. The number of halogens is 4. The van der Waals surface area contributed by atoms with E-state index in [4.69, 9.17) is 27.9 Å². The molecule has 0 saturated heterocycles. The van der Waals surface area contributed by atoms with Gasteiger partial charge in [0.25, 0.3) is 5.91 Å². The van der Waals surface area contributed by atoms with Gasteiger partial charge in [-0.05, 0) is 60.2 Å². The summed E-state index contributed by atoms with van der Waals surface area (Å²) < 4.78 is 34.6. The summed E-state index contributed by atoms with van der Waals surface area (Å²) in [7, 11) is -2.53. The molecule has 3 rings (SSSR count). The second-order valence-corrected chi connectivity index (χ2v) is 11.8. The number of sulfonamides is 1. The second-order valence-electron chi connectivity index (χ2n) is 7.14. The Morgan fingerprint density at radius 3 is 2.40 bits per heavy atom. The lowest BCUT2D eigenvalue weighted by molar-refractivity contribution is -0.121. The first-order valence-corrected chi connectivity index (χ1v) is 13.7. The predicted octanol–water partition coefficient (Wildman–Crippen LogP) is 5.87. The summed E-state index contributed by atoms with van der Waals surface area (Å²) in [6.45, 7) is -0.644. The van der Waals surface area contributed by atoms with Gasteiger partial charge in [0.1, 0.15) is 5.75 Å². The molecular formula is C23H19Br2Cl2N3O4S. The molecule has 3 aromatic rings. The topological polar surface area (TPSA) is 88.1 Å². The Bertz CT molecular complexity index is 1350. The number of nitrogens with zero attached hydrogens (tertiary/aromatic N) is 2. The number of amides is 1. The maximum Gasteiger partial charge on any atom is 0.255 e. The quantitative estimate of drug-likeness (QED) is 0.229. The molecule has 1 N–H and O–H groups in total. The minimum atomic E-state index is -4.05. The number of hydrogen-bond acceptors (Lipinski definition) is 5. The summed E-state index contributed by atoms with van der Waals surface area (Å²) in [5.74, 6) is -0.0796.